The van der Waals surface area contributed by atoms with Gasteiger partial charge in [0, 0.05) is 89.3 Å². The molecule has 0 atom stereocenters. The highest BCUT2D eigenvalue weighted by molar-refractivity contribution is 7.24. The van der Waals surface area contributed by atoms with E-state index >= 15 is 0 Å². The van der Waals surface area contributed by atoms with Gasteiger partial charge in [-0.2, -0.15) is 0 Å². The third-order valence-electron chi connectivity index (χ3n) is 9.42. The first kappa shape index (κ1) is 29.3. The average Bonchev–Trinajstić information content (AvgIpc) is 3.62. The second-order valence-electron chi connectivity index (χ2n) is 12.5. The van der Waals surface area contributed by atoms with Crippen LogP contribution in [-0.2, 0) is 0 Å². The molecule has 0 spiro atoms. The maximum atomic E-state index is 5.37. The molecular formula is C45H27N5S. The number of hydrogen-bond acceptors (Lipinski definition) is 6. The summed E-state index contributed by atoms with van der Waals surface area (Å²) < 4.78 is 1.19. The van der Waals surface area contributed by atoms with E-state index in [1.54, 1.807) is 11.3 Å². The number of fused-ring (bicyclic) bond motifs is 6. The van der Waals surface area contributed by atoms with Crippen LogP contribution in [0, 0.1) is 0 Å². The van der Waals surface area contributed by atoms with Crippen LogP contribution in [0.15, 0.2) is 164 Å². The molecule has 0 saturated carbocycles. The van der Waals surface area contributed by atoms with Crippen molar-refractivity contribution in [3.63, 3.8) is 0 Å². The molecule has 0 fully saturated rings. The zero-order valence-corrected chi connectivity index (χ0v) is 28.0. The summed E-state index contributed by atoms with van der Waals surface area (Å²) in [7, 11) is 0. The van der Waals surface area contributed by atoms with Crippen LogP contribution in [0.5, 0.6) is 0 Å². The van der Waals surface area contributed by atoms with Gasteiger partial charge in [-0.05, 0) is 36.4 Å². The van der Waals surface area contributed by atoms with Crippen LogP contribution in [0.1, 0.15) is 0 Å². The second-order valence-corrected chi connectivity index (χ2v) is 13.5. The van der Waals surface area contributed by atoms with Crippen molar-refractivity contribution in [3.05, 3.63) is 164 Å². The predicted molar refractivity (Wildman–Crippen MR) is 210 cm³/mol. The zero-order valence-electron chi connectivity index (χ0n) is 27.2. The van der Waals surface area contributed by atoms with Gasteiger partial charge in [-0.25, -0.2) is 15.0 Å². The Balaban J connectivity index is 1.19. The quantitative estimate of drug-likeness (QED) is 0.171. The van der Waals surface area contributed by atoms with Crippen molar-refractivity contribution in [2.75, 3.05) is 0 Å². The third kappa shape index (κ3) is 5.04. The lowest BCUT2D eigenvalue weighted by atomic mass is 9.95. The molecule has 0 N–H and O–H groups in total. The molecule has 238 valence electrons. The number of para-hydroxylation sites is 1. The Bertz CT molecular complexity index is 2910. The molecule has 5 nitrogen and oxygen atoms in total. The monoisotopic (exact) mass is 669 g/mol. The van der Waals surface area contributed by atoms with E-state index in [4.69, 9.17) is 15.0 Å². The van der Waals surface area contributed by atoms with Crippen molar-refractivity contribution < 1.29 is 0 Å². The molecule has 0 aliphatic rings. The molecular weight excluding hydrogens is 643 g/mol. The summed E-state index contributed by atoms with van der Waals surface area (Å²) in [5, 5.41) is 4.36. The lowest BCUT2D eigenvalue weighted by Gasteiger charge is -2.12. The first-order chi connectivity index (χ1) is 25.3. The van der Waals surface area contributed by atoms with Gasteiger partial charge in [0.15, 0.2) is 0 Å². The molecule has 6 heteroatoms. The minimum atomic E-state index is 0.884. The van der Waals surface area contributed by atoms with Gasteiger partial charge in [-0.3, -0.25) is 9.97 Å². The smallest absolute Gasteiger partial charge is 0.0972 e. The van der Waals surface area contributed by atoms with Gasteiger partial charge >= 0.3 is 0 Å². The van der Waals surface area contributed by atoms with Gasteiger partial charge < -0.3 is 0 Å². The highest BCUT2D eigenvalue weighted by Crippen LogP contribution is 2.49. The molecule has 0 bridgehead atoms. The molecule has 4 aromatic carbocycles. The van der Waals surface area contributed by atoms with Crippen LogP contribution in [0.25, 0.3) is 98.1 Å². The summed E-state index contributed by atoms with van der Waals surface area (Å²) >= 11 is 1.79. The molecule has 6 aromatic heterocycles. The van der Waals surface area contributed by atoms with Crippen molar-refractivity contribution in [1.82, 2.24) is 24.9 Å². The van der Waals surface area contributed by atoms with Crippen LogP contribution in [0.2, 0.25) is 0 Å². The van der Waals surface area contributed by atoms with Crippen molar-refractivity contribution in [2.24, 2.45) is 0 Å². The van der Waals surface area contributed by atoms with Crippen molar-refractivity contribution in [3.8, 4) is 55.3 Å². The number of aromatic nitrogens is 5. The highest BCUT2D eigenvalue weighted by Gasteiger charge is 2.23. The number of benzene rings is 4. The Kier molecular flexibility index (Phi) is 6.93. The van der Waals surface area contributed by atoms with Crippen LogP contribution in [0.3, 0.4) is 0 Å². The Hall–Kier alpha value is -6.63. The standard InChI is InChI=1S/C45H27N5S/c1-2-9-28(10-3-1)36-21-19-29-17-18-30-20-22-37(49-43(30)42(29)48-36)31-11-6-12-32(25-31)41-40-39(33-13-7-23-46-26-33)44(34-14-8-24-47-27-34)51-45(40)35-15-4-5-16-38(35)50-41/h1-27H. The van der Waals surface area contributed by atoms with Gasteiger partial charge in [0.2, 0.25) is 0 Å². The van der Waals surface area contributed by atoms with Gasteiger partial charge in [-0.15, -0.1) is 11.3 Å². The van der Waals surface area contributed by atoms with Crippen LogP contribution in [-0.4, -0.2) is 24.9 Å². The predicted octanol–water partition coefficient (Wildman–Crippen LogP) is 11.7. The minimum absolute atomic E-state index is 0.884. The van der Waals surface area contributed by atoms with Crippen LogP contribution >= 0.6 is 11.3 Å². The van der Waals surface area contributed by atoms with Gasteiger partial charge in [0.1, 0.15) is 0 Å². The lowest BCUT2D eigenvalue weighted by Crippen LogP contribution is -1.92. The third-order valence-corrected chi connectivity index (χ3v) is 10.7. The van der Waals surface area contributed by atoms with E-state index in [0.29, 0.717) is 0 Å². The fourth-order valence-electron chi connectivity index (χ4n) is 7.01. The minimum Gasteiger partial charge on any atom is -0.264 e. The van der Waals surface area contributed by atoms with E-state index in [0.717, 1.165) is 93.4 Å². The van der Waals surface area contributed by atoms with E-state index in [-0.39, 0.29) is 0 Å². The lowest BCUT2D eigenvalue weighted by molar-refractivity contribution is 1.33. The molecule has 0 unspecified atom stereocenters. The number of rotatable bonds is 5. The molecule has 0 radical (unpaired) electrons. The maximum absolute atomic E-state index is 5.37. The Morgan fingerprint density at radius 1 is 0.451 bits per heavy atom. The molecule has 51 heavy (non-hydrogen) atoms. The molecule has 10 aromatic rings. The van der Waals surface area contributed by atoms with Gasteiger partial charge in [0.05, 0.1) is 33.6 Å². The molecule has 0 amide bonds. The first-order valence-electron chi connectivity index (χ1n) is 16.8. The number of pyridine rings is 5. The van der Waals surface area contributed by atoms with Crippen molar-refractivity contribution >= 4 is 54.1 Å². The first-order valence-corrected chi connectivity index (χ1v) is 17.6. The van der Waals surface area contributed by atoms with Gasteiger partial charge in [-0.1, -0.05) is 103 Å². The molecule has 0 aliphatic carbocycles. The number of hydrogen-bond donors (Lipinski definition) is 0. The van der Waals surface area contributed by atoms with E-state index < -0.39 is 0 Å². The summed E-state index contributed by atoms with van der Waals surface area (Å²) in [5.41, 5.74) is 11.8. The SMILES string of the molecule is c1ccc(-c2ccc3ccc4ccc(-c5cccc(-c6nc7ccccc7c7sc(-c8cccnc8)c(-c8cccnc8)c67)c5)nc4c3n2)cc1. The zero-order chi connectivity index (χ0) is 33.7. The fraction of sp³-hybridized carbons (Fsp3) is 0. The van der Waals surface area contributed by atoms with E-state index in [2.05, 4.69) is 119 Å². The summed E-state index contributed by atoms with van der Waals surface area (Å²) in [6.07, 6.45) is 7.51. The van der Waals surface area contributed by atoms with Gasteiger partial charge in [0.25, 0.3) is 0 Å². The Labute approximate surface area is 297 Å². The Morgan fingerprint density at radius 3 is 1.78 bits per heavy atom. The van der Waals surface area contributed by atoms with E-state index in [1.807, 2.05) is 55.1 Å². The summed E-state index contributed by atoms with van der Waals surface area (Å²) in [5.74, 6) is 0. The number of thiophene rings is 1. The largest absolute Gasteiger partial charge is 0.264 e. The molecule has 0 saturated heterocycles. The number of nitrogens with zero attached hydrogens (tertiary/aromatic N) is 5. The van der Waals surface area contributed by atoms with E-state index in [1.165, 1.54) is 4.70 Å². The fourth-order valence-corrected chi connectivity index (χ4v) is 8.35. The Morgan fingerprint density at radius 2 is 1.06 bits per heavy atom. The summed E-state index contributed by atoms with van der Waals surface area (Å²) in [6.45, 7) is 0. The second kappa shape index (κ2) is 12.1. The van der Waals surface area contributed by atoms with E-state index in [9.17, 15) is 0 Å². The maximum Gasteiger partial charge on any atom is 0.0972 e. The van der Waals surface area contributed by atoms with Crippen LogP contribution in [0.4, 0.5) is 0 Å². The molecule has 6 heterocycles. The normalized spacial score (nSPS) is 11.5. The summed E-state index contributed by atoms with van der Waals surface area (Å²) in [6, 6.07) is 48.3. The molecule has 0 aliphatic heterocycles. The molecule has 10 rings (SSSR count). The van der Waals surface area contributed by atoms with Crippen molar-refractivity contribution in [2.45, 2.75) is 0 Å². The average molecular weight is 670 g/mol. The highest BCUT2D eigenvalue weighted by atomic mass is 32.1. The van der Waals surface area contributed by atoms with Crippen LogP contribution < -0.4 is 0 Å². The summed E-state index contributed by atoms with van der Waals surface area (Å²) in [4.78, 5) is 25.9. The topological polar surface area (TPSA) is 64.5 Å². The van der Waals surface area contributed by atoms with Crippen molar-refractivity contribution in [1.29, 1.82) is 0 Å².